The lowest BCUT2D eigenvalue weighted by Crippen LogP contribution is -2.60. The van der Waals surface area contributed by atoms with Gasteiger partial charge in [-0.2, -0.15) is 0 Å². The van der Waals surface area contributed by atoms with Crippen LogP contribution >= 0.6 is 0 Å². The molecule has 0 aromatic carbocycles. The summed E-state index contributed by atoms with van der Waals surface area (Å²) in [5.41, 5.74) is -0.582. The van der Waals surface area contributed by atoms with Gasteiger partial charge in [-0.25, -0.2) is 0 Å². The molecule has 0 spiro atoms. The van der Waals surface area contributed by atoms with Gasteiger partial charge in [0.25, 0.3) is 0 Å². The minimum absolute atomic E-state index is 0.205. The van der Waals surface area contributed by atoms with E-state index in [1.165, 1.54) is 6.92 Å². The van der Waals surface area contributed by atoms with E-state index in [1.807, 2.05) is 0 Å². The maximum Gasteiger partial charge on any atom is 0.304 e. The van der Waals surface area contributed by atoms with Crippen LogP contribution in [0.4, 0.5) is 0 Å². The van der Waals surface area contributed by atoms with Crippen molar-refractivity contribution in [3.63, 3.8) is 0 Å². The lowest BCUT2D eigenvalue weighted by atomic mass is 9.58. The second-order valence-electron chi connectivity index (χ2n) is 4.36. The molecule has 84 valence electrons. The van der Waals surface area contributed by atoms with Crippen molar-refractivity contribution < 1.29 is 24.2 Å². The first-order valence-corrected chi connectivity index (χ1v) is 4.69. The Morgan fingerprint density at radius 1 is 1.47 bits per heavy atom. The molecule has 0 bridgehead atoms. The van der Waals surface area contributed by atoms with Gasteiger partial charge >= 0.3 is 11.9 Å². The van der Waals surface area contributed by atoms with Gasteiger partial charge in [-0.3, -0.25) is 14.4 Å². The number of aliphatic carboxylic acids is 1. The van der Waals surface area contributed by atoms with Gasteiger partial charge in [-0.05, 0) is 0 Å². The first-order valence-electron chi connectivity index (χ1n) is 4.69. The molecule has 2 unspecified atom stereocenters. The number of carbonyl (C=O) groups excluding carboxylic acids is 2. The lowest BCUT2D eigenvalue weighted by Gasteiger charge is -2.48. The minimum atomic E-state index is -1.01. The molecule has 0 aromatic heterocycles. The maximum absolute atomic E-state index is 11.5. The zero-order valence-corrected chi connectivity index (χ0v) is 8.94. The largest absolute Gasteiger partial charge is 0.481 e. The summed E-state index contributed by atoms with van der Waals surface area (Å²) in [5.74, 6) is -2.38. The predicted octanol–water partition coefficient (Wildman–Crippen LogP) is 0.618. The third-order valence-electron chi connectivity index (χ3n) is 2.84. The molecule has 5 heteroatoms. The molecule has 1 fully saturated rings. The highest BCUT2D eigenvalue weighted by molar-refractivity contribution is 5.97. The summed E-state index contributed by atoms with van der Waals surface area (Å²) in [6.45, 7) is 4.69. The van der Waals surface area contributed by atoms with Gasteiger partial charge in [0.15, 0.2) is 11.9 Å². The highest BCUT2D eigenvalue weighted by Crippen LogP contribution is 2.46. The molecule has 5 nitrogen and oxygen atoms in total. The predicted molar refractivity (Wildman–Crippen MR) is 50.1 cm³/mol. The first-order chi connectivity index (χ1) is 6.76. The fraction of sp³-hybridized carbons (Fsp3) is 0.700. The first kappa shape index (κ1) is 11.7. The van der Waals surface area contributed by atoms with E-state index in [1.54, 1.807) is 13.8 Å². The number of hydrogen-bond acceptors (Lipinski definition) is 4. The minimum Gasteiger partial charge on any atom is -0.481 e. The van der Waals surface area contributed by atoms with Crippen LogP contribution in [0, 0.1) is 11.3 Å². The topological polar surface area (TPSA) is 80.7 Å². The summed E-state index contributed by atoms with van der Waals surface area (Å²) in [6.07, 6.45) is -0.997. The highest BCUT2D eigenvalue weighted by atomic mass is 16.5. The maximum atomic E-state index is 11.5. The van der Waals surface area contributed by atoms with Crippen LogP contribution in [-0.4, -0.2) is 28.9 Å². The zero-order chi connectivity index (χ0) is 11.8. The average molecular weight is 214 g/mol. The van der Waals surface area contributed by atoms with Crippen molar-refractivity contribution in [1.82, 2.24) is 0 Å². The Labute approximate surface area is 87.4 Å². The number of hydrogen-bond donors (Lipinski definition) is 1. The third-order valence-corrected chi connectivity index (χ3v) is 2.84. The fourth-order valence-electron chi connectivity index (χ4n) is 1.92. The van der Waals surface area contributed by atoms with E-state index >= 15 is 0 Å². The van der Waals surface area contributed by atoms with Gasteiger partial charge in [-0.1, -0.05) is 13.8 Å². The molecule has 15 heavy (non-hydrogen) atoms. The van der Waals surface area contributed by atoms with E-state index in [4.69, 9.17) is 9.84 Å². The Bertz CT molecular complexity index is 290. The van der Waals surface area contributed by atoms with Gasteiger partial charge in [0.05, 0.1) is 6.42 Å². The normalized spacial score (nSPS) is 28.1. The quantitative estimate of drug-likeness (QED) is 0.696. The van der Waals surface area contributed by atoms with Crippen molar-refractivity contribution in [3.8, 4) is 0 Å². The van der Waals surface area contributed by atoms with Gasteiger partial charge in [0, 0.05) is 18.3 Å². The molecule has 2 atom stereocenters. The van der Waals surface area contributed by atoms with Crippen molar-refractivity contribution in [1.29, 1.82) is 0 Å². The summed E-state index contributed by atoms with van der Waals surface area (Å²) in [5, 5.41) is 8.61. The molecule has 0 aliphatic heterocycles. The summed E-state index contributed by atoms with van der Waals surface area (Å²) >= 11 is 0. The number of carbonyl (C=O) groups is 3. The number of carboxylic acid groups (broad SMARTS) is 1. The summed E-state index contributed by atoms with van der Waals surface area (Å²) in [6, 6.07) is 0. The van der Waals surface area contributed by atoms with Crippen LogP contribution in [0.3, 0.4) is 0 Å². The van der Waals surface area contributed by atoms with Crippen molar-refractivity contribution in [2.45, 2.75) is 33.3 Å². The molecule has 1 N–H and O–H groups in total. The Hall–Kier alpha value is -1.39. The van der Waals surface area contributed by atoms with Gasteiger partial charge in [0.1, 0.15) is 0 Å². The SMILES string of the molecule is CC(=O)OC1C(=O)C(CC(=O)O)C1(C)C. The van der Waals surface area contributed by atoms with Crippen molar-refractivity contribution in [3.05, 3.63) is 0 Å². The Kier molecular flexibility index (Phi) is 2.83. The van der Waals surface area contributed by atoms with Gasteiger partial charge < -0.3 is 9.84 Å². The Morgan fingerprint density at radius 3 is 2.33 bits per heavy atom. The number of esters is 1. The van der Waals surface area contributed by atoms with E-state index in [0.717, 1.165) is 0 Å². The molecule has 0 heterocycles. The van der Waals surface area contributed by atoms with Crippen LogP contribution in [0.25, 0.3) is 0 Å². The monoisotopic (exact) mass is 214 g/mol. The van der Waals surface area contributed by atoms with Crippen LogP contribution in [-0.2, 0) is 19.1 Å². The molecule has 0 radical (unpaired) electrons. The fourth-order valence-corrected chi connectivity index (χ4v) is 1.92. The zero-order valence-electron chi connectivity index (χ0n) is 8.94. The molecule has 0 amide bonds. The number of carboxylic acids is 1. The van der Waals surface area contributed by atoms with Crippen molar-refractivity contribution >= 4 is 17.7 Å². The molecule has 1 saturated carbocycles. The smallest absolute Gasteiger partial charge is 0.304 e. The summed E-state index contributed by atoms with van der Waals surface area (Å²) < 4.78 is 4.84. The average Bonchev–Trinajstić information content (AvgIpc) is 2.09. The van der Waals surface area contributed by atoms with Crippen LogP contribution in [0.15, 0.2) is 0 Å². The third kappa shape index (κ3) is 2.00. The molecule has 0 saturated heterocycles. The van der Waals surface area contributed by atoms with Gasteiger partial charge in [0.2, 0.25) is 0 Å². The van der Waals surface area contributed by atoms with E-state index in [-0.39, 0.29) is 12.2 Å². The second-order valence-corrected chi connectivity index (χ2v) is 4.36. The highest BCUT2D eigenvalue weighted by Gasteiger charge is 2.58. The van der Waals surface area contributed by atoms with Crippen LogP contribution < -0.4 is 0 Å². The molecule has 1 rings (SSSR count). The second kappa shape index (κ2) is 3.64. The van der Waals surface area contributed by atoms with E-state index in [9.17, 15) is 14.4 Å². The molecule has 0 aromatic rings. The van der Waals surface area contributed by atoms with Crippen LogP contribution in [0.2, 0.25) is 0 Å². The number of Topliss-reactive ketones (excluding diaryl/α,β-unsaturated/α-hetero) is 1. The van der Waals surface area contributed by atoms with E-state index in [2.05, 4.69) is 0 Å². The summed E-state index contributed by atoms with van der Waals surface area (Å²) in [4.78, 5) is 32.7. The summed E-state index contributed by atoms with van der Waals surface area (Å²) in [7, 11) is 0. The standard InChI is InChI=1S/C10H14O5/c1-5(11)15-9-8(14)6(4-7(12)13)10(9,2)3/h6,9H,4H2,1-3H3,(H,12,13). The molecular formula is C10H14O5. The van der Waals surface area contributed by atoms with Crippen LogP contribution in [0.5, 0.6) is 0 Å². The Balaban J connectivity index is 2.71. The van der Waals surface area contributed by atoms with E-state index in [0.29, 0.717) is 0 Å². The number of rotatable bonds is 3. The molecular weight excluding hydrogens is 200 g/mol. The Morgan fingerprint density at radius 2 is 2.00 bits per heavy atom. The molecule has 1 aliphatic rings. The number of ether oxygens (including phenoxy) is 1. The van der Waals surface area contributed by atoms with Crippen molar-refractivity contribution in [2.24, 2.45) is 11.3 Å². The van der Waals surface area contributed by atoms with E-state index < -0.39 is 29.4 Å². The van der Waals surface area contributed by atoms with Crippen molar-refractivity contribution in [2.75, 3.05) is 0 Å². The lowest BCUT2D eigenvalue weighted by molar-refractivity contribution is -0.185. The van der Waals surface area contributed by atoms with Crippen LogP contribution in [0.1, 0.15) is 27.2 Å². The number of ketones is 1. The van der Waals surface area contributed by atoms with Gasteiger partial charge in [-0.15, -0.1) is 0 Å². The molecule has 1 aliphatic carbocycles.